The summed E-state index contributed by atoms with van der Waals surface area (Å²) in [6, 6.07) is 20.4. The molecule has 1 heterocycles. The highest BCUT2D eigenvalue weighted by molar-refractivity contribution is 5.91. The third-order valence-electron chi connectivity index (χ3n) is 8.01. The molecule has 39 heavy (non-hydrogen) atoms. The molecule has 2 aromatic carbocycles. The molecule has 0 radical (unpaired) electrons. The van der Waals surface area contributed by atoms with E-state index in [1.165, 1.54) is 0 Å². The SMILES string of the molecule is CC(C)(C)C(=O)N[C@H]1CC[C@H](CC(=O)Nc2cc(-c3ccccc3)c(-c3ccc(C4(N)CC4)cc3)nn2)CC1. The largest absolute Gasteiger partial charge is 0.353 e. The zero-order chi connectivity index (χ0) is 27.6. The number of nitrogens with zero attached hydrogens (tertiary/aromatic N) is 2. The summed E-state index contributed by atoms with van der Waals surface area (Å²) in [5.41, 5.74) is 10.6. The summed E-state index contributed by atoms with van der Waals surface area (Å²) < 4.78 is 0. The van der Waals surface area contributed by atoms with Crippen LogP contribution in [-0.2, 0) is 15.1 Å². The number of carbonyl (C=O) groups is 2. The van der Waals surface area contributed by atoms with E-state index in [0.29, 0.717) is 18.2 Å². The Bertz CT molecular complexity index is 1320. The fraction of sp³-hybridized carbons (Fsp3) is 0.438. The van der Waals surface area contributed by atoms with E-state index in [4.69, 9.17) is 5.73 Å². The van der Waals surface area contributed by atoms with E-state index in [9.17, 15) is 9.59 Å². The summed E-state index contributed by atoms with van der Waals surface area (Å²) in [6.45, 7) is 5.78. The fourth-order valence-corrected chi connectivity index (χ4v) is 5.26. The Hall–Kier alpha value is -3.58. The van der Waals surface area contributed by atoms with Crippen LogP contribution in [0, 0.1) is 11.3 Å². The highest BCUT2D eigenvalue weighted by Crippen LogP contribution is 2.43. The average molecular weight is 526 g/mol. The van der Waals surface area contributed by atoms with Gasteiger partial charge in [0, 0.05) is 34.5 Å². The van der Waals surface area contributed by atoms with Crippen molar-refractivity contribution in [3.63, 3.8) is 0 Å². The molecule has 0 saturated heterocycles. The summed E-state index contributed by atoms with van der Waals surface area (Å²) in [7, 11) is 0. The number of hydrogen-bond donors (Lipinski definition) is 3. The van der Waals surface area contributed by atoms with E-state index in [-0.39, 0.29) is 28.8 Å². The lowest BCUT2D eigenvalue weighted by Gasteiger charge is -2.31. The molecule has 7 nitrogen and oxygen atoms in total. The van der Waals surface area contributed by atoms with E-state index in [0.717, 1.165) is 66.5 Å². The predicted molar refractivity (Wildman–Crippen MR) is 155 cm³/mol. The van der Waals surface area contributed by atoms with Gasteiger partial charge in [-0.1, -0.05) is 75.4 Å². The number of aromatic nitrogens is 2. The first-order valence-electron chi connectivity index (χ1n) is 14.0. The maximum absolute atomic E-state index is 13.0. The Kier molecular flexibility index (Phi) is 7.54. The van der Waals surface area contributed by atoms with Crippen LogP contribution in [0.3, 0.4) is 0 Å². The van der Waals surface area contributed by atoms with Gasteiger partial charge in [0.2, 0.25) is 11.8 Å². The van der Waals surface area contributed by atoms with Crippen molar-refractivity contribution in [2.45, 2.75) is 77.3 Å². The molecule has 0 spiro atoms. The zero-order valence-corrected chi connectivity index (χ0v) is 23.2. The van der Waals surface area contributed by atoms with Crippen LogP contribution in [0.4, 0.5) is 5.82 Å². The number of benzene rings is 2. The van der Waals surface area contributed by atoms with Gasteiger partial charge in [-0.25, -0.2) is 0 Å². The normalized spacial score (nSPS) is 20.2. The van der Waals surface area contributed by atoms with Gasteiger partial charge in [-0.15, -0.1) is 10.2 Å². The van der Waals surface area contributed by atoms with Crippen molar-refractivity contribution in [3.8, 4) is 22.4 Å². The second-order valence-electron chi connectivity index (χ2n) is 12.3. The number of nitrogens with one attached hydrogen (secondary N) is 2. The number of nitrogens with two attached hydrogens (primary N) is 1. The molecule has 2 fully saturated rings. The monoisotopic (exact) mass is 525 g/mol. The van der Waals surface area contributed by atoms with Crippen LogP contribution in [0.15, 0.2) is 60.7 Å². The number of amides is 2. The van der Waals surface area contributed by atoms with Crippen molar-refractivity contribution >= 4 is 17.6 Å². The molecule has 0 bridgehead atoms. The standard InChI is InChI=1S/C32H39N5O2/c1-31(2,3)30(39)34-25-15-9-21(10-16-25)19-28(38)35-27-20-26(22-7-5-4-6-8-22)29(37-36-27)23-11-13-24(14-12-23)32(33)17-18-32/h4-8,11-14,20-21,25H,9-10,15-19,33H2,1-3H3,(H,34,39)(H,35,36,38)/t21-,25-. The summed E-state index contributed by atoms with van der Waals surface area (Å²) >= 11 is 0. The highest BCUT2D eigenvalue weighted by atomic mass is 16.2. The van der Waals surface area contributed by atoms with E-state index < -0.39 is 0 Å². The third kappa shape index (κ3) is 6.53. The van der Waals surface area contributed by atoms with Gasteiger partial charge in [-0.05, 0) is 61.6 Å². The molecular formula is C32H39N5O2. The van der Waals surface area contributed by atoms with Gasteiger partial charge in [0.1, 0.15) is 5.69 Å². The van der Waals surface area contributed by atoms with Crippen LogP contribution in [0.5, 0.6) is 0 Å². The minimum Gasteiger partial charge on any atom is -0.353 e. The summed E-state index contributed by atoms with van der Waals surface area (Å²) in [6.07, 6.45) is 6.11. The van der Waals surface area contributed by atoms with E-state index in [1.54, 1.807) is 0 Å². The van der Waals surface area contributed by atoms with Crippen LogP contribution in [-0.4, -0.2) is 28.1 Å². The van der Waals surface area contributed by atoms with Crippen molar-refractivity contribution in [2.75, 3.05) is 5.32 Å². The first-order valence-corrected chi connectivity index (χ1v) is 14.0. The van der Waals surface area contributed by atoms with Gasteiger partial charge >= 0.3 is 0 Å². The van der Waals surface area contributed by atoms with Crippen molar-refractivity contribution in [2.24, 2.45) is 17.1 Å². The Morgan fingerprint density at radius 1 is 0.923 bits per heavy atom. The van der Waals surface area contributed by atoms with Gasteiger partial charge < -0.3 is 16.4 Å². The molecule has 2 saturated carbocycles. The number of anilines is 1. The van der Waals surface area contributed by atoms with Gasteiger partial charge in [-0.2, -0.15) is 0 Å². The first kappa shape index (κ1) is 27.0. The zero-order valence-electron chi connectivity index (χ0n) is 23.2. The molecule has 7 heteroatoms. The molecule has 5 rings (SSSR count). The average Bonchev–Trinajstić information content (AvgIpc) is 3.68. The highest BCUT2D eigenvalue weighted by Gasteiger charge is 2.39. The minimum absolute atomic E-state index is 0.0553. The maximum atomic E-state index is 13.0. The van der Waals surface area contributed by atoms with Crippen LogP contribution in [0.25, 0.3) is 22.4 Å². The molecule has 4 N–H and O–H groups in total. The Morgan fingerprint density at radius 2 is 1.59 bits per heavy atom. The third-order valence-corrected chi connectivity index (χ3v) is 8.01. The van der Waals surface area contributed by atoms with Gasteiger partial charge in [0.25, 0.3) is 0 Å². The molecule has 0 aliphatic heterocycles. The van der Waals surface area contributed by atoms with E-state index in [2.05, 4.69) is 45.1 Å². The van der Waals surface area contributed by atoms with Crippen molar-refractivity contribution in [1.82, 2.24) is 15.5 Å². The molecule has 1 aromatic heterocycles. The van der Waals surface area contributed by atoms with E-state index >= 15 is 0 Å². The van der Waals surface area contributed by atoms with Crippen LogP contribution in [0.1, 0.15) is 71.3 Å². The van der Waals surface area contributed by atoms with Crippen molar-refractivity contribution in [3.05, 3.63) is 66.2 Å². The Morgan fingerprint density at radius 3 is 2.21 bits per heavy atom. The second-order valence-corrected chi connectivity index (χ2v) is 12.3. The molecule has 0 unspecified atom stereocenters. The Balaban J connectivity index is 1.25. The summed E-state index contributed by atoms with van der Waals surface area (Å²) in [4.78, 5) is 25.3. The van der Waals surface area contributed by atoms with Gasteiger partial charge in [0.05, 0.1) is 0 Å². The number of rotatable bonds is 7. The van der Waals surface area contributed by atoms with Crippen LogP contribution >= 0.6 is 0 Å². The maximum Gasteiger partial charge on any atom is 0.225 e. The smallest absolute Gasteiger partial charge is 0.225 e. The number of carbonyl (C=O) groups excluding carboxylic acids is 2. The summed E-state index contributed by atoms with van der Waals surface area (Å²) in [5, 5.41) is 15.1. The molecule has 0 atom stereocenters. The van der Waals surface area contributed by atoms with Crippen molar-refractivity contribution in [1.29, 1.82) is 0 Å². The van der Waals surface area contributed by atoms with Crippen LogP contribution < -0.4 is 16.4 Å². The number of hydrogen-bond acceptors (Lipinski definition) is 5. The lowest BCUT2D eigenvalue weighted by molar-refractivity contribution is -0.129. The predicted octanol–water partition coefficient (Wildman–Crippen LogP) is 5.81. The quantitative estimate of drug-likeness (QED) is 0.361. The molecular weight excluding hydrogens is 486 g/mol. The topological polar surface area (TPSA) is 110 Å². The molecule has 204 valence electrons. The first-order chi connectivity index (χ1) is 18.6. The molecule has 2 aliphatic carbocycles. The van der Waals surface area contributed by atoms with Gasteiger partial charge in [-0.3, -0.25) is 9.59 Å². The summed E-state index contributed by atoms with van der Waals surface area (Å²) in [5.74, 6) is 0.774. The lowest BCUT2D eigenvalue weighted by atomic mass is 9.83. The second kappa shape index (κ2) is 10.9. The fourth-order valence-electron chi connectivity index (χ4n) is 5.26. The molecule has 2 aliphatic rings. The van der Waals surface area contributed by atoms with Crippen LogP contribution in [0.2, 0.25) is 0 Å². The lowest BCUT2D eigenvalue weighted by Crippen LogP contribution is -2.43. The minimum atomic E-state index is -0.390. The van der Waals surface area contributed by atoms with Crippen molar-refractivity contribution < 1.29 is 9.59 Å². The molecule has 2 amide bonds. The molecule has 3 aromatic rings. The van der Waals surface area contributed by atoms with E-state index in [1.807, 2.05) is 57.2 Å². The van der Waals surface area contributed by atoms with Gasteiger partial charge in [0.15, 0.2) is 5.82 Å². The Labute approximate surface area is 231 Å².